The average molecular weight is 357 g/mol. The molecule has 5 nitrogen and oxygen atoms in total. The van der Waals surface area contributed by atoms with Gasteiger partial charge in [-0.15, -0.1) is 10.2 Å². The van der Waals surface area contributed by atoms with E-state index in [-0.39, 0.29) is 11.4 Å². The summed E-state index contributed by atoms with van der Waals surface area (Å²) in [4.78, 5) is 12.0. The zero-order valence-corrected chi connectivity index (χ0v) is 14.0. The molecule has 0 aliphatic rings. The van der Waals surface area contributed by atoms with Crippen molar-refractivity contribution in [1.29, 1.82) is 0 Å². The van der Waals surface area contributed by atoms with E-state index in [1.54, 1.807) is 30.3 Å². The first-order valence-electron chi connectivity index (χ1n) is 7.46. The number of nitrogens with one attached hydrogen (secondary N) is 2. The lowest BCUT2D eigenvalue weighted by atomic mass is 10.2. The highest BCUT2D eigenvalue weighted by molar-refractivity contribution is 6.30. The second-order valence-corrected chi connectivity index (χ2v) is 5.76. The van der Waals surface area contributed by atoms with Gasteiger partial charge in [-0.1, -0.05) is 29.8 Å². The largest absolute Gasteiger partial charge is 0.338 e. The molecule has 126 valence electrons. The molecule has 0 saturated heterocycles. The first-order valence-corrected chi connectivity index (χ1v) is 7.83. The minimum absolute atomic E-state index is 0.0546. The summed E-state index contributed by atoms with van der Waals surface area (Å²) in [7, 11) is 0. The van der Waals surface area contributed by atoms with E-state index in [1.165, 1.54) is 18.2 Å². The third kappa shape index (κ3) is 4.10. The molecule has 2 aromatic carbocycles. The molecule has 7 heteroatoms. The van der Waals surface area contributed by atoms with Crippen LogP contribution in [0.2, 0.25) is 5.02 Å². The maximum atomic E-state index is 13.6. The normalized spacial score (nSPS) is 10.4. The Morgan fingerprint density at radius 3 is 2.48 bits per heavy atom. The molecule has 0 radical (unpaired) electrons. The van der Waals surface area contributed by atoms with Crippen molar-refractivity contribution in [3.8, 4) is 0 Å². The molecule has 0 atom stereocenters. The highest BCUT2D eigenvalue weighted by atomic mass is 35.5. The van der Waals surface area contributed by atoms with E-state index in [2.05, 4.69) is 20.8 Å². The first-order chi connectivity index (χ1) is 12.0. The summed E-state index contributed by atoms with van der Waals surface area (Å²) in [6.07, 6.45) is 0. The Morgan fingerprint density at radius 2 is 1.76 bits per heavy atom. The van der Waals surface area contributed by atoms with Crippen LogP contribution < -0.4 is 10.6 Å². The monoisotopic (exact) mass is 356 g/mol. The third-order valence-corrected chi connectivity index (χ3v) is 3.72. The zero-order chi connectivity index (χ0) is 17.8. The van der Waals surface area contributed by atoms with Crippen LogP contribution in [0.15, 0.2) is 54.6 Å². The number of aromatic nitrogens is 2. The molecule has 0 unspecified atom stereocenters. The Bertz CT molecular complexity index is 915. The van der Waals surface area contributed by atoms with Gasteiger partial charge in [-0.2, -0.15) is 0 Å². The third-order valence-electron chi connectivity index (χ3n) is 3.49. The average Bonchev–Trinajstić information content (AvgIpc) is 2.60. The van der Waals surface area contributed by atoms with Crippen LogP contribution in [0.1, 0.15) is 15.9 Å². The fourth-order valence-corrected chi connectivity index (χ4v) is 2.33. The molecule has 25 heavy (non-hydrogen) atoms. The summed E-state index contributed by atoms with van der Waals surface area (Å²) < 4.78 is 13.6. The molecule has 0 aliphatic heterocycles. The number of carbonyl (C=O) groups excluding carboxylic acids is 1. The summed E-state index contributed by atoms with van der Waals surface area (Å²) in [5.41, 5.74) is 1.76. The van der Waals surface area contributed by atoms with Gasteiger partial charge in [0, 0.05) is 10.7 Å². The van der Waals surface area contributed by atoms with Crippen molar-refractivity contribution in [3.05, 3.63) is 76.6 Å². The van der Waals surface area contributed by atoms with Crippen LogP contribution >= 0.6 is 11.6 Å². The lowest BCUT2D eigenvalue weighted by molar-refractivity contribution is 0.102. The fourth-order valence-electron chi connectivity index (χ4n) is 2.16. The van der Waals surface area contributed by atoms with Gasteiger partial charge in [0.1, 0.15) is 5.82 Å². The summed E-state index contributed by atoms with van der Waals surface area (Å²) in [6.45, 7) is 1.94. The van der Waals surface area contributed by atoms with Gasteiger partial charge < -0.3 is 10.6 Å². The summed E-state index contributed by atoms with van der Waals surface area (Å²) in [5.74, 6) is -0.461. The minimum Gasteiger partial charge on any atom is -0.338 e. The number of aryl methyl sites for hydroxylation is 1. The quantitative estimate of drug-likeness (QED) is 0.718. The number of nitrogens with zero attached hydrogens (tertiary/aromatic N) is 2. The number of amides is 1. The summed E-state index contributed by atoms with van der Waals surface area (Å²) >= 11 is 5.98. The second kappa shape index (κ2) is 7.27. The standard InChI is InChI=1S/C18H14ClFN4O/c1-11-6-7-12(19)10-15(11)21-16-8-9-17(24-23-16)22-18(25)13-4-2-3-5-14(13)20/h2-10H,1H3,(H,21,23)(H,22,24,25). The highest BCUT2D eigenvalue weighted by Crippen LogP contribution is 2.23. The van der Waals surface area contributed by atoms with Crippen molar-refractivity contribution in [2.45, 2.75) is 6.92 Å². The Kier molecular flexibility index (Phi) is 4.90. The molecule has 1 amide bonds. The van der Waals surface area contributed by atoms with Crippen molar-refractivity contribution in [2.75, 3.05) is 10.6 Å². The Balaban J connectivity index is 1.71. The van der Waals surface area contributed by atoms with Gasteiger partial charge in [-0.3, -0.25) is 4.79 Å². The number of benzene rings is 2. The van der Waals surface area contributed by atoms with Gasteiger partial charge in [0.15, 0.2) is 11.6 Å². The predicted molar refractivity (Wildman–Crippen MR) is 95.9 cm³/mol. The Hall–Kier alpha value is -2.99. The number of carbonyl (C=O) groups is 1. The van der Waals surface area contributed by atoms with E-state index in [0.29, 0.717) is 10.8 Å². The van der Waals surface area contributed by atoms with Gasteiger partial charge in [0.2, 0.25) is 0 Å². The number of anilines is 3. The zero-order valence-electron chi connectivity index (χ0n) is 13.3. The molecular formula is C18H14ClFN4O. The molecular weight excluding hydrogens is 343 g/mol. The van der Waals surface area contributed by atoms with Crippen LogP contribution in [0.3, 0.4) is 0 Å². The lowest BCUT2D eigenvalue weighted by Crippen LogP contribution is -2.15. The van der Waals surface area contributed by atoms with Crippen molar-refractivity contribution in [3.63, 3.8) is 0 Å². The molecule has 0 spiro atoms. The molecule has 3 rings (SSSR count). The van der Waals surface area contributed by atoms with Crippen molar-refractivity contribution >= 4 is 34.8 Å². The van der Waals surface area contributed by atoms with Gasteiger partial charge in [0.25, 0.3) is 5.91 Å². The van der Waals surface area contributed by atoms with E-state index >= 15 is 0 Å². The topological polar surface area (TPSA) is 66.9 Å². The highest BCUT2D eigenvalue weighted by Gasteiger charge is 2.12. The molecule has 0 fully saturated rings. The molecule has 1 aromatic heterocycles. The summed E-state index contributed by atoms with van der Waals surface area (Å²) in [5, 5.41) is 14.1. The van der Waals surface area contributed by atoms with Gasteiger partial charge in [-0.25, -0.2) is 4.39 Å². The second-order valence-electron chi connectivity index (χ2n) is 5.32. The summed E-state index contributed by atoms with van der Waals surface area (Å²) in [6, 6.07) is 14.4. The lowest BCUT2D eigenvalue weighted by Gasteiger charge is -2.09. The number of hydrogen-bond donors (Lipinski definition) is 2. The van der Waals surface area contributed by atoms with Gasteiger partial charge in [-0.05, 0) is 48.9 Å². The van der Waals surface area contributed by atoms with Crippen LogP contribution in [0.25, 0.3) is 0 Å². The number of halogens is 2. The number of rotatable bonds is 4. The molecule has 0 saturated carbocycles. The van der Waals surface area contributed by atoms with Crippen LogP contribution in [0.4, 0.5) is 21.7 Å². The van der Waals surface area contributed by atoms with Crippen LogP contribution in [-0.2, 0) is 0 Å². The van der Waals surface area contributed by atoms with Gasteiger partial charge in [0.05, 0.1) is 5.56 Å². The van der Waals surface area contributed by atoms with Crippen molar-refractivity contribution in [1.82, 2.24) is 10.2 Å². The minimum atomic E-state index is -0.595. The maximum absolute atomic E-state index is 13.6. The predicted octanol–water partition coefficient (Wildman–Crippen LogP) is 4.57. The molecule has 0 bridgehead atoms. The smallest absolute Gasteiger partial charge is 0.259 e. The van der Waals surface area contributed by atoms with Crippen LogP contribution in [-0.4, -0.2) is 16.1 Å². The van der Waals surface area contributed by atoms with Gasteiger partial charge >= 0.3 is 0 Å². The van der Waals surface area contributed by atoms with E-state index < -0.39 is 11.7 Å². The number of hydrogen-bond acceptors (Lipinski definition) is 4. The van der Waals surface area contributed by atoms with E-state index in [0.717, 1.165) is 11.3 Å². The SMILES string of the molecule is Cc1ccc(Cl)cc1Nc1ccc(NC(=O)c2ccccc2F)nn1. The molecule has 2 N–H and O–H groups in total. The van der Waals surface area contributed by atoms with E-state index in [1.807, 2.05) is 13.0 Å². The van der Waals surface area contributed by atoms with Crippen molar-refractivity contribution < 1.29 is 9.18 Å². The Morgan fingerprint density at radius 1 is 1.04 bits per heavy atom. The van der Waals surface area contributed by atoms with E-state index in [9.17, 15) is 9.18 Å². The fraction of sp³-hybridized carbons (Fsp3) is 0.0556. The molecule has 1 heterocycles. The molecule has 3 aromatic rings. The van der Waals surface area contributed by atoms with E-state index in [4.69, 9.17) is 11.6 Å². The molecule has 0 aliphatic carbocycles. The Labute approximate surface area is 148 Å². The van der Waals surface area contributed by atoms with Crippen LogP contribution in [0.5, 0.6) is 0 Å². The maximum Gasteiger partial charge on any atom is 0.259 e. The van der Waals surface area contributed by atoms with Crippen LogP contribution in [0, 0.1) is 12.7 Å². The van der Waals surface area contributed by atoms with Crippen molar-refractivity contribution in [2.24, 2.45) is 0 Å². The first kappa shape index (κ1) is 16.9.